The molecule has 1 fully saturated rings. The van der Waals surface area contributed by atoms with E-state index in [4.69, 9.17) is 16.3 Å². The largest absolute Gasteiger partial charge is 0.493 e. The van der Waals surface area contributed by atoms with Gasteiger partial charge in [-0.1, -0.05) is 11.6 Å². The third-order valence-corrected chi connectivity index (χ3v) is 6.46. The first-order chi connectivity index (χ1) is 14.3. The number of nitrogens with one attached hydrogen (secondary N) is 1. The molecule has 5 rings (SSSR count). The summed E-state index contributed by atoms with van der Waals surface area (Å²) in [7, 11) is 1.72. The number of ether oxygens (including phenoxy) is 1. The quantitative estimate of drug-likeness (QED) is 0.663. The van der Waals surface area contributed by atoms with Crippen molar-refractivity contribution in [1.29, 1.82) is 0 Å². The fraction of sp³-hybridized carbons (Fsp3) is 0.476. The fourth-order valence-electron chi connectivity index (χ4n) is 4.59. The second kappa shape index (κ2) is 6.99. The number of aromatic nitrogens is 4. The van der Waals surface area contributed by atoms with Crippen LogP contribution in [0.15, 0.2) is 23.1 Å². The Kier molecular flexibility index (Phi) is 4.52. The van der Waals surface area contributed by atoms with Crippen molar-refractivity contribution in [2.24, 2.45) is 7.05 Å². The van der Waals surface area contributed by atoms with Crippen molar-refractivity contribution in [1.82, 2.24) is 19.1 Å². The average molecular weight is 430 g/mol. The number of hydrogen-bond acceptors (Lipinski definition) is 6. The zero-order chi connectivity index (χ0) is 21.0. The van der Waals surface area contributed by atoms with E-state index in [0.29, 0.717) is 40.8 Å². The zero-order valence-corrected chi connectivity index (χ0v) is 17.7. The van der Waals surface area contributed by atoms with Gasteiger partial charge in [-0.15, -0.1) is 0 Å². The number of benzene rings is 1. The van der Waals surface area contributed by atoms with Gasteiger partial charge in [-0.05, 0) is 44.2 Å². The summed E-state index contributed by atoms with van der Waals surface area (Å²) in [6.45, 7) is 2.48. The van der Waals surface area contributed by atoms with Crippen LogP contribution in [0.1, 0.15) is 44.2 Å². The summed E-state index contributed by atoms with van der Waals surface area (Å²) in [6.07, 6.45) is 5.44. The maximum Gasteiger partial charge on any atom is 0.330 e. The zero-order valence-electron chi connectivity index (χ0n) is 17.0. The van der Waals surface area contributed by atoms with Crippen LogP contribution < -0.4 is 15.7 Å². The van der Waals surface area contributed by atoms with Crippen molar-refractivity contribution in [3.05, 3.63) is 39.4 Å². The number of anilines is 2. The molecular formula is C21H24ClN5O3. The minimum Gasteiger partial charge on any atom is -0.493 e. The Balaban J connectivity index is 1.55. The molecule has 9 heteroatoms. The molecule has 3 aromatic rings. The van der Waals surface area contributed by atoms with Crippen molar-refractivity contribution < 1.29 is 9.84 Å². The van der Waals surface area contributed by atoms with Crippen molar-refractivity contribution in [2.45, 2.75) is 50.7 Å². The van der Waals surface area contributed by atoms with Gasteiger partial charge in [0.2, 0.25) is 5.95 Å². The fourth-order valence-corrected chi connectivity index (χ4v) is 4.79. The van der Waals surface area contributed by atoms with E-state index in [-0.39, 0.29) is 11.7 Å². The highest BCUT2D eigenvalue weighted by atomic mass is 35.5. The van der Waals surface area contributed by atoms with Crippen molar-refractivity contribution in [2.75, 3.05) is 11.9 Å². The van der Waals surface area contributed by atoms with Gasteiger partial charge in [0.05, 0.1) is 29.1 Å². The third-order valence-electron chi connectivity index (χ3n) is 6.15. The monoisotopic (exact) mass is 429 g/mol. The normalized spacial score (nSPS) is 23.4. The Morgan fingerprint density at radius 2 is 2.23 bits per heavy atom. The summed E-state index contributed by atoms with van der Waals surface area (Å²) < 4.78 is 8.81. The summed E-state index contributed by atoms with van der Waals surface area (Å²) in [4.78, 5) is 22.0. The molecule has 0 radical (unpaired) electrons. The summed E-state index contributed by atoms with van der Waals surface area (Å²) in [5.74, 6) is 1.17. The first-order valence-electron chi connectivity index (χ1n) is 10.2. The molecule has 2 N–H and O–H groups in total. The molecule has 1 aliphatic heterocycles. The highest BCUT2D eigenvalue weighted by Gasteiger charge is 2.33. The van der Waals surface area contributed by atoms with E-state index in [1.165, 1.54) is 0 Å². The maximum atomic E-state index is 13.0. The van der Waals surface area contributed by atoms with Crippen LogP contribution in [0.2, 0.25) is 5.02 Å². The van der Waals surface area contributed by atoms with Gasteiger partial charge >= 0.3 is 5.69 Å². The molecule has 0 saturated heterocycles. The summed E-state index contributed by atoms with van der Waals surface area (Å²) in [5.41, 5.74) is 2.08. The Bertz CT molecular complexity index is 1200. The summed E-state index contributed by atoms with van der Waals surface area (Å²) in [5, 5.41) is 14.2. The highest BCUT2D eigenvalue weighted by Crippen LogP contribution is 2.37. The molecule has 3 heterocycles. The van der Waals surface area contributed by atoms with E-state index < -0.39 is 5.60 Å². The van der Waals surface area contributed by atoms with Gasteiger partial charge in [0, 0.05) is 25.6 Å². The maximum absolute atomic E-state index is 13.0. The van der Waals surface area contributed by atoms with E-state index in [1.807, 2.05) is 13.0 Å². The topological polar surface area (TPSA) is 94.2 Å². The lowest BCUT2D eigenvalue weighted by molar-refractivity contribution is 0.00389. The van der Waals surface area contributed by atoms with Gasteiger partial charge in [0.1, 0.15) is 11.3 Å². The summed E-state index contributed by atoms with van der Waals surface area (Å²) in [6, 6.07) is 3.65. The SMILES string of the molecule is Cn1c(=O)n(C2CCCC(C)(O)C2)c2nc(Nc3cc4c(cc3Cl)OCC4)ncc21. The van der Waals surface area contributed by atoms with Crippen molar-refractivity contribution >= 4 is 34.4 Å². The number of imidazole rings is 1. The van der Waals surface area contributed by atoms with Crippen LogP contribution in [0, 0.1) is 0 Å². The smallest absolute Gasteiger partial charge is 0.330 e. The molecule has 0 amide bonds. The molecule has 2 aliphatic rings. The van der Waals surface area contributed by atoms with Crippen LogP contribution in [-0.4, -0.2) is 36.4 Å². The standard InChI is InChI=1S/C21H24ClN5O3/c1-21(29)6-3-4-13(10-21)27-18-16(26(2)20(27)28)11-23-19(25-18)24-15-8-12-5-7-30-17(12)9-14(15)22/h8-9,11,13,29H,3-7,10H2,1-2H3,(H,23,24,25). The number of aryl methyl sites for hydroxylation is 1. The lowest BCUT2D eigenvalue weighted by atomic mass is 9.83. The molecule has 8 nitrogen and oxygen atoms in total. The molecule has 2 unspecified atom stereocenters. The lowest BCUT2D eigenvalue weighted by Crippen LogP contribution is -2.36. The third kappa shape index (κ3) is 3.24. The van der Waals surface area contributed by atoms with Gasteiger partial charge in [-0.3, -0.25) is 9.13 Å². The molecule has 0 bridgehead atoms. The molecule has 2 aromatic heterocycles. The molecule has 1 aromatic carbocycles. The van der Waals surface area contributed by atoms with Gasteiger partial charge in [0.25, 0.3) is 0 Å². The minimum absolute atomic E-state index is 0.103. The van der Waals surface area contributed by atoms with Crippen LogP contribution in [-0.2, 0) is 13.5 Å². The molecule has 0 spiro atoms. The molecular weight excluding hydrogens is 406 g/mol. The Morgan fingerprint density at radius 1 is 1.40 bits per heavy atom. The number of hydrogen-bond donors (Lipinski definition) is 2. The second-order valence-corrected chi connectivity index (χ2v) is 8.93. The second-order valence-electron chi connectivity index (χ2n) is 8.52. The van der Waals surface area contributed by atoms with Crippen LogP contribution in [0.4, 0.5) is 11.6 Å². The van der Waals surface area contributed by atoms with Gasteiger partial charge < -0.3 is 15.2 Å². The van der Waals surface area contributed by atoms with E-state index in [1.54, 1.807) is 28.4 Å². The van der Waals surface area contributed by atoms with Gasteiger partial charge in [-0.2, -0.15) is 4.98 Å². The van der Waals surface area contributed by atoms with Crippen molar-refractivity contribution in [3.63, 3.8) is 0 Å². The van der Waals surface area contributed by atoms with E-state index in [2.05, 4.69) is 15.3 Å². The van der Waals surface area contributed by atoms with Gasteiger partial charge in [0.15, 0.2) is 5.65 Å². The van der Waals surface area contributed by atoms with E-state index in [0.717, 1.165) is 37.0 Å². The number of nitrogens with zero attached hydrogens (tertiary/aromatic N) is 4. The first kappa shape index (κ1) is 19.4. The Morgan fingerprint density at radius 3 is 3.03 bits per heavy atom. The van der Waals surface area contributed by atoms with Crippen molar-refractivity contribution in [3.8, 4) is 5.75 Å². The van der Waals surface area contributed by atoms with Crippen LogP contribution in [0.3, 0.4) is 0 Å². The first-order valence-corrected chi connectivity index (χ1v) is 10.6. The average Bonchev–Trinajstić information content (AvgIpc) is 3.23. The van der Waals surface area contributed by atoms with Crippen LogP contribution in [0.5, 0.6) is 5.75 Å². The number of aliphatic hydroxyl groups is 1. The predicted molar refractivity (Wildman–Crippen MR) is 115 cm³/mol. The summed E-state index contributed by atoms with van der Waals surface area (Å²) >= 11 is 6.40. The molecule has 30 heavy (non-hydrogen) atoms. The van der Waals surface area contributed by atoms with E-state index >= 15 is 0 Å². The van der Waals surface area contributed by atoms with Crippen LogP contribution in [0.25, 0.3) is 11.2 Å². The highest BCUT2D eigenvalue weighted by molar-refractivity contribution is 6.33. The minimum atomic E-state index is -0.779. The molecule has 1 aliphatic carbocycles. The van der Waals surface area contributed by atoms with Gasteiger partial charge in [-0.25, -0.2) is 9.78 Å². The Hall–Kier alpha value is -2.58. The Labute approximate surface area is 178 Å². The molecule has 158 valence electrons. The van der Waals surface area contributed by atoms with Crippen LogP contribution >= 0.6 is 11.6 Å². The molecule has 1 saturated carbocycles. The van der Waals surface area contributed by atoms with E-state index in [9.17, 15) is 9.90 Å². The number of fused-ring (bicyclic) bond motifs is 2. The molecule has 2 atom stereocenters. The number of rotatable bonds is 3. The lowest BCUT2D eigenvalue weighted by Gasteiger charge is -2.34. The number of halogens is 1. The predicted octanol–water partition coefficient (Wildman–Crippen LogP) is 3.33.